The van der Waals surface area contributed by atoms with Crippen LogP contribution in [0.4, 0.5) is 0 Å². The highest BCUT2D eigenvalue weighted by Gasteiger charge is 2.27. The predicted molar refractivity (Wildman–Crippen MR) is 73.1 cm³/mol. The summed E-state index contributed by atoms with van der Waals surface area (Å²) in [5.74, 6) is 0.737. The lowest BCUT2D eigenvalue weighted by molar-refractivity contribution is 0.107. The molecule has 0 amide bonds. The fourth-order valence-corrected chi connectivity index (χ4v) is 3.48. The molecule has 0 aromatic rings. The Labute approximate surface area is 106 Å². The molecular weight excluding hydrogens is 210 g/mol. The van der Waals surface area contributed by atoms with Crippen molar-refractivity contribution in [1.82, 2.24) is 9.80 Å². The van der Waals surface area contributed by atoms with Crippen molar-refractivity contribution < 1.29 is 0 Å². The number of piperidine rings is 1. The lowest BCUT2D eigenvalue weighted by Gasteiger charge is -2.39. The van der Waals surface area contributed by atoms with Crippen LogP contribution in [0.3, 0.4) is 0 Å². The van der Waals surface area contributed by atoms with Crippen molar-refractivity contribution in [3.63, 3.8) is 0 Å². The molecule has 1 aliphatic heterocycles. The third-order valence-corrected chi connectivity index (χ3v) is 4.71. The van der Waals surface area contributed by atoms with Crippen molar-refractivity contribution in [3.8, 4) is 0 Å². The van der Waals surface area contributed by atoms with E-state index < -0.39 is 0 Å². The molecule has 3 nitrogen and oxygen atoms in total. The average Bonchev–Trinajstić information content (AvgIpc) is 2.32. The Bertz CT molecular complexity index is 232. The molecule has 1 heterocycles. The third kappa shape index (κ3) is 3.67. The van der Waals surface area contributed by atoms with Gasteiger partial charge in [0.2, 0.25) is 0 Å². The van der Waals surface area contributed by atoms with Gasteiger partial charge in [0.25, 0.3) is 0 Å². The standard InChI is InChI=1S/C14H29N3/c1-16-9-5-7-13(11-16)17(2)10-12-6-3-4-8-14(12)15/h12-14H,3-11,15H2,1-2H3. The molecule has 3 heteroatoms. The molecule has 2 fully saturated rings. The van der Waals surface area contributed by atoms with Gasteiger partial charge in [-0.25, -0.2) is 0 Å². The summed E-state index contributed by atoms with van der Waals surface area (Å²) in [7, 11) is 4.54. The van der Waals surface area contributed by atoms with Gasteiger partial charge in [-0.15, -0.1) is 0 Å². The van der Waals surface area contributed by atoms with E-state index in [9.17, 15) is 0 Å². The quantitative estimate of drug-likeness (QED) is 0.811. The summed E-state index contributed by atoms with van der Waals surface area (Å²) in [5.41, 5.74) is 6.25. The maximum absolute atomic E-state index is 6.25. The summed E-state index contributed by atoms with van der Waals surface area (Å²) >= 11 is 0. The molecule has 1 aliphatic carbocycles. The van der Waals surface area contributed by atoms with Gasteiger partial charge in [0.05, 0.1) is 0 Å². The van der Waals surface area contributed by atoms with Gasteiger partial charge in [-0.3, -0.25) is 0 Å². The van der Waals surface area contributed by atoms with Crippen molar-refractivity contribution in [1.29, 1.82) is 0 Å². The largest absolute Gasteiger partial charge is 0.327 e. The van der Waals surface area contributed by atoms with E-state index in [0.717, 1.165) is 12.0 Å². The zero-order valence-electron chi connectivity index (χ0n) is 11.6. The molecule has 2 rings (SSSR count). The molecule has 1 saturated carbocycles. The Morgan fingerprint density at radius 2 is 1.94 bits per heavy atom. The molecule has 0 aromatic carbocycles. The SMILES string of the molecule is CN1CCCC(N(C)CC2CCCCC2N)C1. The first-order valence-electron chi connectivity index (χ1n) is 7.31. The second kappa shape index (κ2) is 6.17. The molecule has 0 spiro atoms. The molecule has 2 aliphatic rings. The predicted octanol–water partition coefficient (Wildman–Crippen LogP) is 1.53. The van der Waals surface area contributed by atoms with Gasteiger partial charge in [-0.05, 0) is 52.2 Å². The Balaban J connectivity index is 1.80. The second-order valence-electron chi connectivity index (χ2n) is 6.21. The normalized spacial score (nSPS) is 36.4. The van der Waals surface area contributed by atoms with Crippen molar-refractivity contribution in [2.24, 2.45) is 11.7 Å². The van der Waals surface area contributed by atoms with E-state index in [-0.39, 0.29) is 0 Å². The van der Waals surface area contributed by atoms with Gasteiger partial charge in [-0.1, -0.05) is 12.8 Å². The van der Waals surface area contributed by atoms with Crippen molar-refractivity contribution in [3.05, 3.63) is 0 Å². The minimum Gasteiger partial charge on any atom is -0.327 e. The van der Waals surface area contributed by atoms with Gasteiger partial charge in [-0.2, -0.15) is 0 Å². The highest BCUT2D eigenvalue weighted by Crippen LogP contribution is 2.25. The maximum Gasteiger partial charge on any atom is 0.0220 e. The van der Waals surface area contributed by atoms with E-state index in [1.807, 2.05) is 0 Å². The molecule has 0 bridgehead atoms. The van der Waals surface area contributed by atoms with Gasteiger partial charge in [0.1, 0.15) is 0 Å². The molecule has 3 unspecified atom stereocenters. The topological polar surface area (TPSA) is 32.5 Å². The molecule has 100 valence electrons. The lowest BCUT2D eigenvalue weighted by atomic mass is 9.84. The first-order chi connectivity index (χ1) is 8.16. The summed E-state index contributed by atoms with van der Waals surface area (Å²) in [6.07, 6.45) is 8.02. The fraction of sp³-hybridized carbons (Fsp3) is 1.00. The average molecular weight is 239 g/mol. The fourth-order valence-electron chi connectivity index (χ4n) is 3.48. The zero-order chi connectivity index (χ0) is 12.3. The number of hydrogen-bond donors (Lipinski definition) is 1. The summed E-state index contributed by atoms with van der Waals surface area (Å²) in [6.45, 7) is 3.71. The first-order valence-corrected chi connectivity index (χ1v) is 7.31. The number of likely N-dealkylation sites (N-methyl/N-ethyl adjacent to an activating group) is 2. The Morgan fingerprint density at radius 3 is 2.65 bits per heavy atom. The van der Waals surface area contributed by atoms with Crippen molar-refractivity contribution >= 4 is 0 Å². The van der Waals surface area contributed by atoms with E-state index >= 15 is 0 Å². The van der Waals surface area contributed by atoms with Crippen LogP contribution in [0.25, 0.3) is 0 Å². The molecular formula is C14H29N3. The minimum absolute atomic E-state index is 0.451. The molecule has 1 saturated heterocycles. The number of nitrogens with two attached hydrogens (primary N) is 1. The van der Waals surface area contributed by atoms with E-state index in [4.69, 9.17) is 5.73 Å². The van der Waals surface area contributed by atoms with Gasteiger partial charge in [0, 0.05) is 25.2 Å². The van der Waals surface area contributed by atoms with E-state index in [0.29, 0.717) is 6.04 Å². The summed E-state index contributed by atoms with van der Waals surface area (Å²) in [6, 6.07) is 1.20. The molecule has 17 heavy (non-hydrogen) atoms. The lowest BCUT2D eigenvalue weighted by Crippen LogP contribution is -2.48. The van der Waals surface area contributed by atoms with Crippen LogP contribution in [0.2, 0.25) is 0 Å². The van der Waals surface area contributed by atoms with Crippen LogP contribution in [0.15, 0.2) is 0 Å². The Morgan fingerprint density at radius 1 is 1.18 bits per heavy atom. The third-order valence-electron chi connectivity index (χ3n) is 4.71. The molecule has 3 atom stereocenters. The molecule has 2 N–H and O–H groups in total. The number of likely N-dealkylation sites (tertiary alicyclic amines) is 1. The van der Waals surface area contributed by atoms with Crippen LogP contribution in [-0.2, 0) is 0 Å². The summed E-state index contributed by atoms with van der Waals surface area (Å²) in [5, 5.41) is 0. The van der Waals surface area contributed by atoms with Crippen LogP contribution in [0.1, 0.15) is 38.5 Å². The number of hydrogen-bond acceptors (Lipinski definition) is 3. The van der Waals surface area contributed by atoms with Crippen LogP contribution >= 0.6 is 0 Å². The van der Waals surface area contributed by atoms with Crippen LogP contribution < -0.4 is 5.73 Å². The monoisotopic (exact) mass is 239 g/mol. The second-order valence-corrected chi connectivity index (χ2v) is 6.21. The van der Waals surface area contributed by atoms with Crippen LogP contribution in [0.5, 0.6) is 0 Å². The maximum atomic E-state index is 6.25. The van der Waals surface area contributed by atoms with Gasteiger partial charge in [0.15, 0.2) is 0 Å². The first kappa shape index (κ1) is 13.3. The van der Waals surface area contributed by atoms with Crippen LogP contribution in [-0.4, -0.2) is 55.6 Å². The van der Waals surface area contributed by atoms with Gasteiger partial charge >= 0.3 is 0 Å². The highest BCUT2D eigenvalue weighted by molar-refractivity contribution is 4.84. The molecule has 0 radical (unpaired) electrons. The summed E-state index contributed by atoms with van der Waals surface area (Å²) in [4.78, 5) is 5.04. The van der Waals surface area contributed by atoms with E-state index in [1.54, 1.807) is 0 Å². The van der Waals surface area contributed by atoms with Crippen LogP contribution in [0, 0.1) is 5.92 Å². The van der Waals surface area contributed by atoms with E-state index in [1.165, 1.54) is 58.2 Å². The van der Waals surface area contributed by atoms with Crippen molar-refractivity contribution in [2.75, 3.05) is 33.7 Å². The molecule has 0 aromatic heterocycles. The van der Waals surface area contributed by atoms with E-state index in [2.05, 4.69) is 23.9 Å². The number of rotatable bonds is 3. The number of nitrogens with zero attached hydrogens (tertiary/aromatic N) is 2. The highest BCUT2D eigenvalue weighted by atomic mass is 15.2. The smallest absolute Gasteiger partial charge is 0.0220 e. The van der Waals surface area contributed by atoms with Crippen molar-refractivity contribution in [2.45, 2.75) is 50.6 Å². The van der Waals surface area contributed by atoms with Gasteiger partial charge < -0.3 is 15.5 Å². The minimum atomic E-state index is 0.451. The Hall–Kier alpha value is -0.120. The Kier molecular flexibility index (Phi) is 4.83. The zero-order valence-corrected chi connectivity index (χ0v) is 11.6. The summed E-state index contributed by atoms with van der Waals surface area (Å²) < 4.78 is 0.